The molecule has 1 fully saturated rings. The third-order valence-electron chi connectivity index (χ3n) is 5.36. The molecule has 1 aromatic carbocycles. The van der Waals surface area contributed by atoms with E-state index in [4.69, 9.17) is 4.74 Å². The highest BCUT2D eigenvalue weighted by atomic mass is 16.5. The minimum absolute atomic E-state index is 0.00654. The summed E-state index contributed by atoms with van der Waals surface area (Å²) >= 11 is 0. The molecule has 0 saturated carbocycles. The van der Waals surface area contributed by atoms with E-state index in [1.165, 1.54) is 0 Å². The molecule has 1 aliphatic heterocycles. The maximum absolute atomic E-state index is 13.1. The summed E-state index contributed by atoms with van der Waals surface area (Å²) in [6, 6.07) is 12.7. The fourth-order valence-electron chi connectivity index (χ4n) is 3.65. The first-order valence-corrected chi connectivity index (χ1v) is 10.4. The van der Waals surface area contributed by atoms with Gasteiger partial charge in [-0.3, -0.25) is 9.59 Å². The number of nitrogens with one attached hydrogen (secondary N) is 1. The van der Waals surface area contributed by atoms with Crippen molar-refractivity contribution in [2.24, 2.45) is 5.92 Å². The number of carbonyl (C=O) groups excluding carboxylic acids is 2. The predicted molar refractivity (Wildman–Crippen MR) is 116 cm³/mol. The molecule has 0 bridgehead atoms. The Morgan fingerprint density at radius 3 is 2.40 bits per heavy atom. The average Bonchev–Trinajstić information content (AvgIpc) is 2.78. The number of hydrogen-bond donors (Lipinski definition) is 1. The first-order chi connectivity index (χ1) is 14.5. The highest BCUT2D eigenvalue weighted by molar-refractivity contribution is 5.89. The van der Waals surface area contributed by atoms with Crippen molar-refractivity contribution in [1.29, 1.82) is 0 Å². The van der Waals surface area contributed by atoms with Gasteiger partial charge in [0.05, 0.1) is 13.5 Å². The van der Waals surface area contributed by atoms with Gasteiger partial charge in [-0.2, -0.15) is 0 Å². The number of amides is 2. The van der Waals surface area contributed by atoms with E-state index in [1.54, 1.807) is 13.3 Å². The predicted octanol–water partition coefficient (Wildman–Crippen LogP) is 2.12. The van der Waals surface area contributed by atoms with E-state index in [9.17, 15) is 9.59 Å². The van der Waals surface area contributed by atoms with Crippen molar-refractivity contribution in [3.8, 4) is 5.75 Å². The number of hydrogen-bond acceptors (Lipinski definition) is 5. The Morgan fingerprint density at radius 1 is 1.07 bits per heavy atom. The number of nitrogens with zero attached hydrogens (tertiary/aromatic N) is 3. The van der Waals surface area contributed by atoms with Crippen LogP contribution in [0.2, 0.25) is 0 Å². The van der Waals surface area contributed by atoms with Crippen LogP contribution in [-0.4, -0.2) is 61.0 Å². The Bertz CT molecular complexity index is 849. The zero-order valence-corrected chi connectivity index (χ0v) is 17.9. The number of piperazine rings is 1. The molecular formula is C23H30N4O3. The van der Waals surface area contributed by atoms with Crippen LogP contribution in [0.4, 0.5) is 5.82 Å². The minimum atomic E-state index is -0.548. The monoisotopic (exact) mass is 410 g/mol. The molecule has 1 atom stereocenters. The molecule has 30 heavy (non-hydrogen) atoms. The summed E-state index contributed by atoms with van der Waals surface area (Å²) in [6.45, 7) is 6.58. The Balaban J connectivity index is 1.59. The van der Waals surface area contributed by atoms with Crippen LogP contribution in [0.15, 0.2) is 48.7 Å². The second kappa shape index (κ2) is 10.1. The van der Waals surface area contributed by atoms with Crippen LogP contribution in [0, 0.1) is 5.92 Å². The number of para-hydroxylation sites is 1. The number of rotatable bonds is 7. The topological polar surface area (TPSA) is 74.8 Å². The van der Waals surface area contributed by atoms with Crippen molar-refractivity contribution in [1.82, 2.24) is 15.2 Å². The number of aromatic nitrogens is 1. The molecule has 1 saturated heterocycles. The van der Waals surface area contributed by atoms with Crippen LogP contribution in [0.25, 0.3) is 0 Å². The van der Waals surface area contributed by atoms with Gasteiger partial charge in [-0.15, -0.1) is 0 Å². The number of pyridine rings is 1. The van der Waals surface area contributed by atoms with E-state index in [0.717, 1.165) is 24.5 Å². The molecule has 3 rings (SSSR count). The second-order valence-electron chi connectivity index (χ2n) is 7.78. The summed E-state index contributed by atoms with van der Waals surface area (Å²) < 4.78 is 5.32. The molecule has 160 valence electrons. The summed E-state index contributed by atoms with van der Waals surface area (Å²) in [5, 5.41) is 2.94. The summed E-state index contributed by atoms with van der Waals surface area (Å²) in [5.74, 6) is 1.38. The lowest BCUT2D eigenvalue weighted by atomic mass is 10.0. The van der Waals surface area contributed by atoms with Gasteiger partial charge in [-0.1, -0.05) is 38.1 Å². The normalized spacial score (nSPS) is 15.1. The number of anilines is 1. The maximum Gasteiger partial charge on any atom is 0.245 e. The third kappa shape index (κ3) is 5.28. The smallest absolute Gasteiger partial charge is 0.245 e. The Morgan fingerprint density at radius 2 is 1.77 bits per heavy atom. The van der Waals surface area contributed by atoms with Crippen LogP contribution >= 0.6 is 0 Å². The Labute approximate surface area is 178 Å². The van der Waals surface area contributed by atoms with E-state index in [1.807, 2.05) is 61.2 Å². The van der Waals surface area contributed by atoms with E-state index in [2.05, 4.69) is 15.2 Å². The fourth-order valence-corrected chi connectivity index (χ4v) is 3.65. The lowest BCUT2D eigenvalue weighted by molar-refractivity contribution is -0.137. The van der Waals surface area contributed by atoms with Crippen molar-refractivity contribution in [3.05, 3.63) is 54.2 Å². The molecule has 1 N–H and O–H groups in total. The molecule has 0 aliphatic carbocycles. The molecule has 1 unspecified atom stereocenters. The number of methoxy groups -OCH3 is 1. The van der Waals surface area contributed by atoms with E-state index in [0.29, 0.717) is 18.8 Å². The standard InChI is InChI=1S/C23H30N4O3/c1-17(2)22(25-21(28)16-18-8-4-5-9-19(18)30-3)23(29)27-14-12-26(13-15-27)20-10-6-7-11-24-20/h4-11,17,22H,12-16H2,1-3H3,(H,25,28). The first-order valence-electron chi connectivity index (χ1n) is 10.4. The van der Waals surface area contributed by atoms with Gasteiger partial charge in [0.2, 0.25) is 11.8 Å². The van der Waals surface area contributed by atoms with Crippen LogP contribution < -0.4 is 15.0 Å². The molecule has 0 radical (unpaired) electrons. The van der Waals surface area contributed by atoms with Gasteiger partial charge in [-0.25, -0.2) is 4.98 Å². The summed E-state index contributed by atoms with van der Waals surface area (Å²) in [4.78, 5) is 34.2. The van der Waals surface area contributed by atoms with Crippen molar-refractivity contribution in [2.45, 2.75) is 26.3 Å². The maximum atomic E-state index is 13.1. The van der Waals surface area contributed by atoms with Gasteiger partial charge >= 0.3 is 0 Å². The Kier molecular flexibility index (Phi) is 7.27. The van der Waals surface area contributed by atoms with Gasteiger partial charge < -0.3 is 19.9 Å². The zero-order valence-electron chi connectivity index (χ0n) is 17.9. The molecule has 7 nitrogen and oxygen atoms in total. The average molecular weight is 411 g/mol. The van der Waals surface area contributed by atoms with Gasteiger partial charge in [-0.05, 0) is 24.1 Å². The van der Waals surface area contributed by atoms with Crippen molar-refractivity contribution in [3.63, 3.8) is 0 Å². The van der Waals surface area contributed by atoms with Crippen LogP contribution in [0.3, 0.4) is 0 Å². The fraction of sp³-hybridized carbons (Fsp3) is 0.435. The highest BCUT2D eigenvalue weighted by Crippen LogP contribution is 2.18. The molecule has 7 heteroatoms. The number of carbonyl (C=O) groups is 2. The lowest BCUT2D eigenvalue weighted by Gasteiger charge is -2.37. The van der Waals surface area contributed by atoms with Gasteiger partial charge in [0.15, 0.2) is 0 Å². The van der Waals surface area contributed by atoms with E-state index < -0.39 is 6.04 Å². The molecule has 0 spiro atoms. The van der Waals surface area contributed by atoms with Crippen molar-refractivity contribution in [2.75, 3.05) is 38.2 Å². The quantitative estimate of drug-likeness (QED) is 0.757. The largest absolute Gasteiger partial charge is 0.496 e. The molecule has 1 aliphatic rings. The number of ether oxygens (including phenoxy) is 1. The van der Waals surface area contributed by atoms with E-state index in [-0.39, 0.29) is 24.2 Å². The minimum Gasteiger partial charge on any atom is -0.496 e. The lowest BCUT2D eigenvalue weighted by Crippen LogP contribution is -2.56. The number of benzene rings is 1. The zero-order chi connectivity index (χ0) is 21.5. The summed E-state index contributed by atoms with van der Waals surface area (Å²) in [5.41, 5.74) is 0.802. The van der Waals surface area contributed by atoms with Gasteiger partial charge in [0.1, 0.15) is 17.6 Å². The van der Waals surface area contributed by atoms with Crippen LogP contribution in [0.1, 0.15) is 19.4 Å². The molecule has 1 aromatic heterocycles. The summed E-state index contributed by atoms with van der Waals surface area (Å²) in [7, 11) is 1.59. The van der Waals surface area contributed by atoms with Crippen molar-refractivity contribution >= 4 is 17.6 Å². The Hall–Kier alpha value is -3.09. The van der Waals surface area contributed by atoms with Crippen LogP contribution in [0.5, 0.6) is 5.75 Å². The third-order valence-corrected chi connectivity index (χ3v) is 5.36. The van der Waals surface area contributed by atoms with Gasteiger partial charge in [0, 0.05) is 37.9 Å². The molecule has 2 aromatic rings. The molecule has 2 amide bonds. The first kappa shape index (κ1) is 21.6. The summed E-state index contributed by atoms with van der Waals surface area (Å²) in [6.07, 6.45) is 1.95. The highest BCUT2D eigenvalue weighted by Gasteiger charge is 2.31. The molecular weight excluding hydrogens is 380 g/mol. The SMILES string of the molecule is COc1ccccc1CC(=O)NC(C(=O)N1CCN(c2ccccn2)CC1)C(C)C. The van der Waals surface area contributed by atoms with Crippen molar-refractivity contribution < 1.29 is 14.3 Å². The molecule has 2 heterocycles. The van der Waals surface area contributed by atoms with E-state index >= 15 is 0 Å². The van der Waals surface area contributed by atoms with Crippen LogP contribution in [-0.2, 0) is 16.0 Å². The van der Waals surface area contributed by atoms with Gasteiger partial charge in [0.25, 0.3) is 0 Å². The second-order valence-corrected chi connectivity index (χ2v) is 7.78.